The maximum Gasteiger partial charge on any atom is 0.229 e. The number of halogens is 1. The lowest BCUT2D eigenvalue weighted by Crippen LogP contribution is -2.13. The van der Waals surface area contributed by atoms with Crippen LogP contribution in [0.5, 0.6) is 11.5 Å². The Hall–Kier alpha value is -2.99. The molecule has 0 bridgehead atoms. The summed E-state index contributed by atoms with van der Waals surface area (Å²) in [5.74, 6) is 2.83. The van der Waals surface area contributed by atoms with Crippen LogP contribution in [0.25, 0.3) is 0 Å². The topological polar surface area (TPSA) is 68.3 Å². The summed E-state index contributed by atoms with van der Waals surface area (Å²) in [6, 6.07) is 14.9. The third-order valence-electron chi connectivity index (χ3n) is 3.83. The average Bonchev–Trinajstić information content (AvgIpc) is 2.68. The van der Waals surface area contributed by atoms with Crippen molar-refractivity contribution in [2.24, 2.45) is 0 Å². The van der Waals surface area contributed by atoms with Gasteiger partial charge in [0.15, 0.2) is 0 Å². The molecule has 0 fully saturated rings. The average molecular weight is 385 g/mol. The fraction of sp³-hybridized carbons (Fsp3) is 0.200. The third kappa shape index (κ3) is 5.49. The standard InChI is InChI=1S/C20H21ClN4O2/c1-14-13-15(21)3-8-18(14)24-20-23-10-9-19(25-20)22-11-12-27-17-6-4-16(26-2)5-7-17/h3-10,13H,11-12H2,1-2H3,(H2,22,23,24,25). The maximum atomic E-state index is 5.99. The summed E-state index contributed by atoms with van der Waals surface area (Å²) in [7, 11) is 1.64. The van der Waals surface area contributed by atoms with Gasteiger partial charge in [-0.3, -0.25) is 0 Å². The van der Waals surface area contributed by atoms with Crippen LogP contribution in [-0.2, 0) is 0 Å². The quantitative estimate of drug-likeness (QED) is 0.549. The van der Waals surface area contributed by atoms with Gasteiger partial charge in [-0.2, -0.15) is 4.98 Å². The van der Waals surface area contributed by atoms with Crippen LogP contribution in [0.2, 0.25) is 5.02 Å². The normalized spacial score (nSPS) is 10.3. The van der Waals surface area contributed by atoms with Crippen molar-refractivity contribution in [1.82, 2.24) is 9.97 Å². The Morgan fingerprint density at radius 1 is 1.04 bits per heavy atom. The van der Waals surface area contributed by atoms with Gasteiger partial charge < -0.3 is 20.1 Å². The van der Waals surface area contributed by atoms with Gasteiger partial charge in [0, 0.05) is 16.9 Å². The van der Waals surface area contributed by atoms with E-state index in [2.05, 4.69) is 20.6 Å². The molecule has 2 N–H and O–H groups in total. The van der Waals surface area contributed by atoms with E-state index in [-0.39, 0.29) is 0 Å². The highest BCUT2D eigenvalue weighted by Gasteiger charge is 2.03. The van der Waals surface area contributed by atoms with Gasteiger partial charge in [0.05, 0.1) is 13.7 Å². The van der Waals surface area contributed by atoms with E-state index in [0.717, 1.165) is 28.6 Å². The first kappa shape index (κ1) is 18.8. The van der Waals surface area contributed by atoms with Gasteiger partial charge in [-0.1, -0.05) is 11.6 Å². The van der Waals surface area contributed by atoms with Gasteiger partial charge >= 0.3 is 0 Å². The first-order chi connectivity index (χ1) is 13.1. The molecule has 0 unspecified atom stereocenters. The second kappa shape index (κ2) is 9.09. The molecule has 0 radical (unpaired) electrons. The third-order valence-corrected chi connectivity index (χ3v) is 4.06. The predicted molar refractivity (Wildman–Crippen MR) is 108 cm³/mol. The molecule has 0 aliphatic heterocycles. The van der Waals surface area contributed by atoms with Gasteiger partial charge in [0.25, 0.3) is 0 Å². The zero-order valence-electron chi connectivity index (χ0n) is 15.2. The fourth-order valence-electron chi connectivity index (χ4n) is 2.43. The fourth-order valence-corrected chi connectivity index (χ4v) is 2.65. The van der Waals surface area contributed by atoms with Gasteiger partial charge in [-0.05, 0) is 61.0 Å². The molecule has 0 spiro atoms. The van der Waals surface area contributed by atoms with Gasteiger partial charge in [0.1, 0.15) is 23.9 Å². The molecule has 0 aliphatic carbocycles. The maximum absolute atomic E-state index is 5.99. The summed E-state index contributed by atoms with van der Waals surface area (Å²) in [5.41, 5.74) is 1.94. The highest BCUT2D eigenvalue weighted by Crippen LogP contribution is 2.22. The molecule has 3 aromatic rings. The molecule has 0 amide bonds. The van der Waals surface area contributed by atoms with E-state index >= 15 is 0 Å². The van der Waals surface area contributed by atoms with Gasteiger partial charge in [-0.25, -0.2) is 4.98 Å². The zero-order valence-corrected chi connectivity index (χ0v) is 16.0. The van der Waals surface area contributed by atoms with E-state index in [1.54, 1.807) is 13.3 Å². The SMILES string of the molecule is COc1ccc(OCCNc2ccnc(Nc3ccc(Cl)cc3C)n2)cc1. The molecule has 1 heterocycles. The summed E-state index contributed by atoms with van der Waals surface area (Å²) in [4.78, 5) is 8.71. The number of hydrogen-bond donors (Lipinski definition) is 2. The highest BCUT2D eigenvalue weighted by atomic mass is 35.5. The Kier molecular flexibility index (Phi) is 6.33. The number of nitrogens with zero attached hydrogens (tertiary/aromatic N) is 2. The number of hydrogen-bond acceptors (Lipinski definition) is 6. The number of aryl methyl sites for hydroxylation is 1. The highest BCUT2D eigenvalue weighted by molar-refractivity contribution is 6.30. The Balaban J connectivity index is 1.51. The minimum atomic E-state index is 0.509. The number of benzene rings is 2. The Labute approximate surface area is 163 Å². The van der Waals surface area contributed by atoms with E-state index < -0.39 is 0 Å². The minimum absolute atomic E-state index is 0.509. The Bertz CT molecular complexity index is 887. The Morgan fingerprint density at radius 2 is 1.81 bits per heavy atom. The number of rotatable bonds is 8. The van der Waals surface area contributed by atoms with Crippen molar-refractivity contribution in [3.8, 4) is 11.5 Å². The largest absolute Gasteiger partial charge is 0.497 e. The molecule has 0 saturated heterocycles. The molecule has 0 aliphatic rings. The first-order valence-corrected chi connectivity index (χ1v) is 8.89. The van der Waals surface area contributed by atoms with Crippen LogP contribution in [0.1, 0.15) is 5.56 Å². The summed E-state index contributed by atoms with van der Waals surface area (Å²) in [6.07, 6.45) is 1.70. The molecular formula is C20H21ClN4O2. The second-order valence-corrected chi connectivity index (χ2v) is 6.24. The van der Waals surface area contributed by atoms with Crippen LogP contribution < -0.4 is 20.1 Å². The van der Waals surface area contributed by atoms with Crippen LogP contribution in [0.3, 0.4) is 0 Å². The van der Waals surface area contributed by atoms with Gasteiger partial charge in [-0.15, -0.1) is 0 Å². The van der Waals surface area contributed by atoms with Crippen molar-refractivity contribution < 1.29 is 9.47 Å². The molecule has 0 saturated carbocycles. The van der Waals surface area contributed by atoms with Gasteiger partial charge in [0.2, 0.25) is 5.95 Å². The van der Waals surface area contributed by atoms with Crippen molar-refractivity contribution in [2.45, 2.75) is 6.92 Å². The predicted octanol–water partition coefficient (Wildman–Crippen LogP) is 4.68. The van der Waals surface area contributed by atoms with Crippen LogP contribution in [0, 0.1) is 6.92 Å². The smallest absolute Gasteiger partial charge is 0.229 e. The summed E-state index contributed by atoms with van der Waals surface area (Å²) < 4.78 is 10.8. The molecular weight excluding hydrogens is 364 g/mol. The lowest BCUT2D eigenvalue weighted by atomic mass is 10.2. The minimum Gasteiger partial charge on any atom is -0.497 e. The van der Waals surface area contributed by atoms with Crippen molar-refractivity contribution >= 4 is 29.1 Å². The second-order valence-electron chi connectivity index (χ2n) is 5.80. The van der Waals surface area contributed by atoms with E-state index in [4.69, 9.17) is 21.1 Å². The van der Waals surface area contributed by atoms with Crippen molar-refractivity contribution in [3.05, 3.63) is 65.3 Å². The first-order valence-electron chi connectivity index (χ1n) is 8.51. The molecule has 140 valence electrons. The van der Waals surface area contributed by atoms with Crippen molar-refractivity contribution in [3.63, 3.8) is 0 Å². The summed E-state index contributed by atoms with van der Waals surface area (Å²) >= 11 is 5.99. The van der Waals surface area contributed by atoms with E-state index in [0.29, 0.717) is 24.1 Å². The van der Waals surface area contributed by atoms with Crippen LogP contribution in [-0.4, -0.2) is 30.2 Å². The molecule has 0 atom stereocenters. The number of anilines is 3. The molecule has 1 aromatic heterocycles. The summed E-state index contributed by atoms with van der Waals surface area (Å²) in [5, 5.41) is 7.13. The van der Waals surface area contributed by atoms with Crippen LogP contribution in [0.15, 0.2) is 54.7 Å². The molecule has 2 aromatic carbocycles. The van der Waals surface area contributed by atoms with Crippen molar-refractivity contribution in [2.75, 3.05) is 30.9 Å². The number of aromatic nitrogens is 2. The van der Waals surface area contributed by atoms with Crippen molar-refractivity contribution in [1.29, 1.82) is 0 Å². The number of ether oxygens (including phenoxy) is 2. The lowest BCUT2D eigenvalue weighted by Gasteiger charge is -2.11. The van der Waals surface area contributed by atoms with E-state index in [1.165, 1.54) is 0 Å². The van der Waals surface area contributed by atoms with Crippen LogP contribution >= 0.6 is 11.6 Å². The number of nitrogens with one attached hydrogen (secondary N) is 2. The molecule has 27 heavy (non-hydrogen) atoms. The van der Waals surface area contributed by atoms with E-state index in [1.807, 2.05) is 55.5 Å². The number of methoxy groups -OCH3 is 1. The molecule has 7 heteroatoms. The Morgan fingerprint density at radius 3 is 2.56 bits per heavy atom. The zero-order chi connectivity index (χ0) is 19.1. The molecule has 6 nitrogen and oxygen atoms in total. The molecule has 3 rings (SSSR count). The summed E-state index contributed by atoms with van der Waals surface area (Å²) in [6.45, 7) is 3.10. The lowest BCUT2D eigenvalue weighted by molar-refractivity contribution is 0.331. The van der Waals surface area contributed by atoms with Crippen LogP contribution in [0.4, 0.5) is 17.5 Å². The van der Waals surface area contributed by atoms with E-state index in [9.17, 15) is 0 Å². The monoisotopic (exact) mass is 384 g/mol.